The number of aromatic nitrogens is 3. The number of hydrogen-bond donors (Lipinski definition) is 1. The number of rotatable bonds is 1. The minimum Gasteiger partial charge on any atom is -0.338 e. The van der Waals surface area contributed by atoms with E-state index in [0.717, 1.165) is 32.5 Å². The Hall–Kier alpha value is -1.68. The van der Waals surface area contributed by atoms with Crippen molar-refractivity contribution >= 4 is 27.0 Å². The summed E-state index contributed by atoms with van der Waals surface area (Å²) < 4.78 is 1.05. The van der Waals surface area contributed by atoms with Gasteiger partial charge in [-0.3, -0.25) is 4.98 Å². The van der Waals surface area contributed by atoms with Crippen LogP contribution in [0.1, 0.15) is 5.56 Å². The number of benzene rings is 1. The van der Waals surface area contributed by atoms with Gasteiger partial charge in [0, 0.05) is 22.4 Å². The monoisotopic (exact) mass is 287 g/mol. The summed E-state index contributed by atoms with van der Waals surface area (Å²) in [6, 6.07) is 7.99. The second-order valence-corrected chi connectivity index (χ2v) is 4.85. The first kappa shape index (κ1) is 10.5. The zero-order valence-corrected chi connectivity index (χ0v) is 10.8. The smallest absolute Gasteiger partial charge is 0.138 e. The van der Waals surface area contributed by atoms with E-state index in [0.29, 0.717) is 0 Å². The van der Waals surface area contributed by atoms with Crippen molar-refractivity contribution in [2.24, 2.45) is 0 Å². The molecule has 3 nitrogen and oxygen atoms in total. The van der Waals surface area contributed by atoms with Crippen LogP contribution in [-0.4, -0.2) is 15.0 Å². The van der Waals surface area contributed by atoms with Crippen molar-refractivity contribution in [3.8, 4) is 11.4 Å². The predicted molar refractivity (Wildman–Crippen MR) is 71.8 cm³/mol. The molecule has 0 bridgehead atoms. The molecule has 3 aromatic rings. The number of aryl methyl sites for hydroxylation is 1. The molecule has 2 aromatic heterocycles. The van der Waals surface area contributed by atoms with Crippen molar-refractivity contribution in [1.82, 2.24) is 15.0 Å². The van der Waals surface area contributed by atoms with E-state index in [-0.39, 0.29) is 0 Å². The number of nitrogens with one attached hydrogen (secondary N) is 1. The molecule has 0 atom stereocenters. The quantitative estimate of drug-likeness (QED) is 0.742. The van der Waals surface area contributed by atoms with Crippen LogP contribution in [0.2, 0.25) is 0 Å². The lowest BCUT2D eigenvalue weighted by atomic mass is 10.1. The number of pyridine rings is 1. The SMILES string of the molecule is Cc1cnccc1-c1nc2ccc(Br)cc2[nH]1. The van der Waals surface area contributed by atoms with Gasteiger partial charge in [0.05, 0.1) is 11.0 Å². The van der Waals surface area contributed by atoms with Gasteiger partial charge < -0.3 is 4.98 Å². The summed E-state index contributed by atoms with van der Waals surface area (Å²) >= 11 is 3.45. The Balaban J connectivity index is 2.22. The number of halogens is 1. The standard InChI is InChI=1S/C13H10BrN3/c1-8-7-15-5-4-10(8)13-16-11-3-2-9(14)6-12(11)17-13/h2-7H,1H3,(H,16,17). The molecule has 0 unspecified atom stereocenters. The maximum absolute atomic E-state index is 4.58. The number of hydrogen-bond acceptors (Lipinski definition) is 2. The third-order valence-corrected chi connectivity index (χ3v) is 3.21. The van der Waals surface area contributed by atoms with Gasteiger partial charge in [0.2, 0.25) is 0 Å². The van der Waals surface area contributed by atoms with E-state index in [2.05, 4.69) is 30.9 Å². The third kappa shape index (κ3) is 1.85. The lowest BCUT2D eigenvalue weighted by Crippen LogP contribution is -1.85. The van der Waals surface area contributed by atoms with Gasteiger partial charge in [-0.05, 0) is 36.8 Å². The highest BCUT2D eigenvalue weighted by Gasteiger charge is 2.07. The molecule has 1 aromatic carbocycles. The molecule has 2 heterocycles. The molecule has 4 heteroatoms. The third-order valence-electron chi connectivity index (χ3n) is 2.72. The van der Waals surface area contributed by atoms with Gasteiger partial charge in [-0.25, -0.2) is 4.98 Å². The fourth-order valence-electron chi connectivity index (χ4n) is 1.85. The predicted octanol–water partition coefficient (Wildman–Crippen LogP) is 3.70. The van der Waals surface area contributed by atoms with Gasteiger partial charge >= 0.3 is 0 Å². The normalized spacial score (nSPS) is 10.9. The van der Waals surface area contributed by atoms with E-state index in [1.165, 1.54) is 0 Å². The summed E-state index contributed by atoms with van der Waals surface area (Å²) in [5, 5.41) is 0. The van der Waals surface area contributed by atoms with Crippen LogP contribution in [0.25, 0.3) is 22.4 Å². The first-order valence-corrected chi connectivity index (χ1v) is 6.09. The first-order valence-electron chi connectivity index (χ1n) is 5.30. The summed E-state index contributed by atoms with van der Waals surface area (Å²) in [5.41, 5.74) is 4.21. The fraction of sp³-hybridized carbons (Fsp3) is 0.0769. The average Bonchev–Trinajstić information content (AvgIpc) is 2.72. The van der Waals surface area contributed by atoms with Gasteiger partial charge in [-0.15, -0.1) is 0 Å². The highest BCUT2D eigenvalue weighted by atomic mass is 79.9. The molecule has 0 radical (unpaired) electrons. The Morgan fingerprint density at radius 3 is 2.94 bits per heavy atom. The largest absolute Gasteiger partial charge is 0.338 e. The second kappa shape index (κ2) is 3.96. The summed E-state index contributed by atoms with van der Waals surface area (Å²) in [6.45, 7) is 2.03. The molecule has 0 saturated carbocycles. The zero-order valence-electron chi connectivity index (χ0n) is 9.24. The van der Waals surface area contributed by atoms with Crippen molar-refractivity contribution in [2.75, 3.05) is 0 Å². The van der Waals surface area contributed by atoms with Crippen LogP contribution in [0.15, 0.2) is 41.1 Å². The maximum atomic E-state index is 4.58. The number of fused-ring (bicyclic) bond motifs is 1. The number of imidazole rings is 1. The van der Waals surface area contributed by atoms with Crippen LogP contribution in [0, 0.1) is 6.92 Å². The summed E-state index contributed by atoms with van der Waals surface area (Å²) in [5.74, 6) is 0.887. The molecule has 0 saturated heterocycles. The van der Waals surface area contributed by atoms with Gasteiger partial charge in [0.25, 0.3) is 0 Å². The van der Waals surface area contributed by atoms with Crippen molar-refractivity contribution in [2.45, 2.75) is 6.92 Å². The summed E-state index contributed by atoms with van der Waals surface area (Å²) in [4.78, 5) is 12.0. The van der Waals surface area contributed by atoms with E-state index in [1.807, 2.05) is 37.4 Å². The van der Waals surface area contributed by atoms with Crippen LogP contribution in [0.3, 0.4) is 0 Å². The second-order valence-electron chi connectivity index (χ2n) is 3.94. The van der Waals surface area contributed by atoms with Crippen LogP contribution in [0.5, 0.6) is 0 Å². The Morgan fingerprint density at radius 2 is 2.12 bits per heavy atom. The molecule has 0 spiro atoms. The Bertz CT molecular complexity index is 688. The van der Waals surface area contributed by atoms with Crippen LogP contribution in [-0.2, 0) is 0 Å². The number of H-pyrrole nitrogens is 1. The number of aromatic amines is 1. The van der Waals surface area contributed by atoms with Gasteiger partial charge in [-0.2, -0.15) is 0 Å². The molecule has 1 N–H and O–H groups in total. The van der Waals surface area contributed by atoms with Crippen molar-refractivity contribution in [3.05, 3.63) is 46.7 Å². The molecular weight excluding hydrogens is 278 g/mol. The molecular formula is C13H10BrN3. The lowest BCUT2D eigenvalue weighted by molar-refractivity contribution is 1.23. The Kier molecular flexibility index (Phi) is 2.44. The average molecular weight is 288 g/mol. The summed E-state index contributed by atoms with van der Waals surface area (Å²) in [6.07, 6.45) is 3.63. The van der Waals surface area contributed by atoms with Gasteiger partial charge in [0.1, 0.15) is 5.82 Å². The first-order chi connectivity index (χ1) is 8.24. The van der Waals surface area contributed by atoms with E-state index in [1.54, 1.807) is 6.20 Å². The minimum absolute atomic E-state index is 0.887. The molecule has 0 aliphatic heterocycles. The zero-order chi connectivity index (χ0) is 11.8. The molecule has 0 amide bonds. The highest BCUT2D eigenvalue weighted by Crippen LogP contribution is 2.24. The molecule has 84 valence electrons. The van der Waals surface area contributed by atoms with E-state index in [9.17, 15) is 0 Å². The van der Waals surface area contributed by atoms with Crippen molar-refractivity contribution < 1.29 is 0 Å². The van der Waals surface area contributed by atoms with E-state index < -0.39 is 0 Å². The lowest BCUT2D eigenvalue weighted by Gasteiger charge is -1.99. The molecule has 17 heavy (non-hydrogen) atoms. The molecule has 0 aliphatic rings. The van der Waals surface area contributed by atoms with E-state index >= 15 is 0 Å². The van der Waals surface area contributed by atoms with Crippen LogP contribution >= 0.6 is 15.9 Å². The summed E-state index contributed by atoms with van der Waals surface area (Å²) in [7, 11) is 0. The topological polar surface area (TPSA) is 41.6 Å². The van der Waals surface area contributed by atoms with E-state index in [4.69, 9.17) is 0 Å². The van der Waals surface area contributed by atoms with Crippen LogP contribution in [0.4, 0.5) is 0 Å². The molecule has 3 rings (SSSR count). The van der Waals surface area contributed by atoms with Gasteiger partial charge in [0.15, 0.2) is 0 Å². The van der Waals surface area contributed by atoms with Crippen molar-refractivity contribution in [1.29, 1.82) is 0 Å². The molecule has 0 fully saturated rings. The minimum atomic E-state index is 0.887. The fourth-order valence-corrected chi connectivity index (χ4v) is 2.21. The Morgan fingerprint density at radius 1 is 1.24 bits per heavy atom. The molecule has 0 aliphatic carbocycles. The van der Waals surface area contributed by atoms with Crippen molar-refractivity contribution in [3.63, 3.8) is 0 Å². The number of nitrogens with zero attached hydrogens (tertiary/aromatic N) is 2. The van der Waals surface area contributed by atoms with Crippen LogP contribution < -0.4 is 0 Å². The Labute approximate surface area is 107 Å². The highest BCUT2D eigenvalue weighted by molar-refractivity contribution is 9.10. The maximum Gasteiger partial charge on any atom is 0.138 e. The van der Waals surface area contributed by atoms with Gasteiger partial charge in [-0.1, -0.05) is 15.9 Å².